The molecule has 0 fully saturated rings. The highest BCUT2D eigenvalue weighted by atomic mass is 32.1. The molecule has 1 heterocycles. The zero-order valence-corrected chi connectivity index (χ0v) is 12.1. The fourth-order valence-electron chi connectivity index (χ4n) is 1.43. The Kier molecular flexibility index (Phi) is 7.36. The second-order valence-corrected chi connectivity index (χ2v) is 4.70. The minimum absolute atomic E-state index is 0.673. The van der Waals surface area contributed by atoms with Crippen molar-refractivity contribution in [2.75, 3.05) is 33.9 Å². The average Bonchev–Trinajstić information content (AvgIpc) is 2.85. The van der Waals surface area contributed by atoms with E-state index in [1.807, 2.05) is 0 Å². The van der Waals surface area contributed by atoms with Crippen molar-refractivity contribution < 1.29 is 4.74 Å². The van der Waals surface area contributed by atoms with E-state index >= 15 is 0 Å². The van der Waals surface area contributed by atoms with Gasteiger partial charge in [0.05, 0.1) is 17.3 Å². The first kappa shape index (κ1) is 14.9. The number of ether oxygens (including phenoxy) is 1. The van der Waals surface area contributed by atoms with Crippen molar-refractivity contribution in [2.24, 2.45) is 4.99 Å². The fraction of sp³-hybridized carbons (Fsp3) is 0.667. The molecule has 1 aromatic heterocycles. The molecular weight excluding hydrogens is 248 g/mol. The molecule has 0 aliphatic rings. The molecule has 0 atom stereocenters. The maximum absolute atomic E-state index is 4.97. The lowest BCUT2D eigenvalue weighted by Crippen LogP contribution is -2.39. The van der Waals surface area contributed by atoms with Gasteiger partial charge in [0.1, 0.15) is 0 Å². The lowest BCUT2D eigenvalue weighted by atomic mass is 10.3. The summed E-state index contributed by atoms with van der Waals surface area (Å²) in [7, 11) is 3.45. The smallest absolute Gasteiger partial charge is 0.191 e. The summed E-state index contributed by atoms with van der Waals surface area (Å²) in [5.41, 5.74) is 1.15. The molecule has 1 aromatic rings. The Labute approximate surface area is 113 Å². The van der Waals surface area contributed by atoms with Gasteiger partial charge in [0.25, 0.3) is 0 Å². The summed E-state index contributed by atoms with van der Waals surface area (Å²) in [5, 5.41) is 9.75. The zero-order valence-electron chi connectivity index (χ0n) is 11.3. The molecule has 0 bridgehead atoms. The molecule has 0 aliphatic heterocycles. The Morgan fingerprint density at radius 3 is 2.83 bits per heavy atom. The van der Waals surface area contributed by atoms with Crippen molar-refractivity contribution in [3.63, 3.8) is 0 Å². The van der Waals surface area contributed by atoms with Gasteiger partial charge in [-0.1, -0.05) is 6.92 Å². The molecule has 0 aromatic carbocycles. The highest BCUT2D eigenvalue weighted by Crippen LogP contribution is 2.09. The number of nitrogens with zero attached hydrogens (tertiary/aromatic N) is 2. The number of aromatic nitrogens is 1. The molecule has 0 saturated heterocycles. The lowest BCUT2D eigenvalue weighted by molar-refractivity contribution is 0.203. The van der Waals surface area contributed by atoms with Crippen LogP contribution in [0.25, 0.3) is 0 Å². The van der Waals surface area contributed by atoms with Gasteiger partial charge in [-0.3, -0.25) is 4.99 Å². The maximum atomic E-state index is 4.97. The predicted octanol–water partition coefficient (Wildman–Crippen LogP) is 1.06. The van der Waals surface area contributed by atoms with E-state index < -0.39 is 0 Å². The van der Waals surface area contributed by atoms with Crippen molar-refractivity contribution in [1.82, 2.24) is 15.6 Å². The van der Waals surface area contributed by atoms with E-state index in [0.717, 1.165) is 37.6 Å². The number of guanidine groups is 1. The summed E-state index contributed by atoms with van der Waals surface area (Å²) in [4.78, 5) is 8.66. The van der Waals surface area contributed by atoms with Crippen molar-refractivity contribution in [1.29, 1.82) is 0 Å². The number of hydrogen-bond donors (Lipinski definition) is 2. The first-order chi connectivity index (χ1) is 8.80. The quantitative estimate of drug-likeness (QED) is 0.442. The van der Waals surface area contributed by atoms with E-state index in [4.69, 9.17) is 4.74 Å². The summed E-state index contributed by atoms with van der Waals surface area (Å²) in [6.45, 7) is 4.39. The molecular formula is C12H22N4OS. The van der Waals surface area contributed by atoms with E-state index in [0.29, 0.717) is 6.61 Å². The largest absolute Gasteiger partial charge is 0.383 e. The lowest BCUT2D eigenvalue weighted by Gasteiger charge is -2.10. The van der Waals surface area contributed by atoms with Crippen LogP contribution in [0.1, 0.15) is 17.6 Å². The molecule has 0 amide bonds. The predicted molar refractivity (Wildman–Crippen MR) is 76.4 cm³/mol. The van der Waals surface area contributed by atoms with Gasteiger partial charge in [-0.25, -0.2) is 4.98 Å². The molecule has 5 nitrogen and oxygen atoms in total. The van der Waals surface area contributed by atoms with Crippen LogP contribution in [0.15, 0.2) is 10.4 Å². The number of methoxy groups -OCH3 is 1. The molecule has 0 saturated carbocycles. The number of hydrogen-bond acceptors (Lipinski definition) is 4. The second kappa shape index (κ2) is 8.88. The van der Waals surface area contributed by atoms with Gasteiger partial charge in [-0.2, -0.15) is 0 Å². The zero-order chi connectivity index (χ0) is 13.2. The molecule has 18 heavy (non-hydrogen) atoms. The van der Waals surface area contributed by atoms with Gasteiger partial charge in [-0.15, -0.1) is 11.3 Å². The molecule has 102 valence electrons. The number of aryl methyl sites for hydroxylation is 1. The average molecular weight is 270 g/mol. The molecule has 0 aliphatic carbocycles. The van der Waals surface area contributed by atoms with Crippen LogP contribution in [0.4, 0.5) is 0 Å². The third-order valence-electron chi connectivity index (χ3n) is 2.40. The van der Waals surface area contributed by atoms with Crippen LogP contribution in [0.5, 0.6) is 0 Å². The molecule has 2 N–H and O–H groups in total. The SMILES string of the molecule is CCc1nc(CCNC(=NC)NCCOC)cs1. The number of rotatable bonds is 7. The fourth-order valence-corrected chi connectivity index (χ4v) is 2.21. The van der Waals surface area contributed by atoms with Crippen molar-refractivity contribution in [3.8, 4) is 0 Å². The number of thiazole rings is 1. The standard InChI is InChI=1S/C12H22N4OS/c1-4-11-16-10(9-18-11)5-6-14-12(13-2)15-7-8-17-3/h9H,4-8H2,1-3H3,(H2,13,14,15). The van der Waals surface area contributed by atoms with E-state index in [1.165, 1.54) is 5.01 Å². The first-order valence-electron chi connectivity index (χ1n) is 6.16. The van der Waals surface area contributed by atoms with Crippen molar-refractivity contribution in [2.45, 2.75) is 19.8 Å². The molecule has 0 unspecified atom stereocenters. The first-order valence-corrected chi connectivity index (χ1v) is 7.04. The third kappa shape index (κ3) is 5.46. The summed E-state index contributed by atoms with van der Waals surface area (Å²) < 4.78 is 4.97. The van der Waals surface area contributed by atoms with Gasteiger partial charge in [0, 0.05) is 39.0 Å². The van der Waals surface area contributed by atoms with Gasteiger partial charge in [0.2, 0.25) is 0 Å². The van der Waals surface area contributed by atoms with Crippen LogP contribution in [0, 0.1) is 0 Å². The second-order valence-electron chi connectivity index (χ2n) is 3.75. The third-order valence-corrected chi connectivity index (χ3v) is 3.44. The summed E-state index contributed by atoms with van der Waals surface area (Å²) in [5.74, 6) is 0.804. The van der Waals surface area contributed by atoms with Crippen LogP contribution in [0.3, 0.4) is 0 Å². The van der Waals surface area contributed by atoms with Crippen molar-refractivity contribution >= 4 is 17.3 Å². The summed E-state index contributed by atoms with van der Waals surface area (Å²) >= 11 is 1.73. The molecule has 0 spiro atoms. The normalized spacial score (nSPS) is 11.6. The summed E-state index contributed by atoms with van der Waals surface area (Å²) in [6, 6.07) is 0. The highest BCUT2D eigenvalue weighted by molar-refractivity contribution is 7.09. The molecule has 0 radical (unpaired) electrons. The van der Waals surface area contributed by atoms with Crippen LogP contribution < -0.4 is 10.6 Å². The minimum Gasteiger partial charge on any atom is -0.383 e. The Bertz CT molecular complexity index is 365. The van der Waals surface area contributed by atoms with E-state index in [-0.39, 0.29) is 0 Å². The van der Waals surface area contributed by atoms with Gasteiger partial charge >= 0.3 is 0 Å². The molecule has 1 rings (SSSR count). The van der Waals surface area contributed by atoms with E-state index in [1.54, 1.807) is 25.5 Å². The van der Waals surface area contributed by atoms with E-state index in [2.05, 4.69) is 32.9 Å². The Balaban J connectivity index is 2.22. The highest BCUT2D eigenvalue weighted by Gasteiger charge is 2.01. The van der Waals surface area contributed by atoms with E-state index in [9.17, 15) is 0 Å². The monoisotopic (exact) mass is 270 g/mol. The van der Waals surface area contributed by atoms with Crippen LogP contribution >= 0.6 is 11.3 Å². The molecule has 6 heteroatoms. The van der Waals surface area contributed by atoms with Crippen molar-refractivity contribution in [3.05, 3.63) is 16.1 Å². The number of aliphatic imine (C=N–C) groups is 1. The van der Waals surface area contributed by atoms with Crippen LogP contribution in [-0.4, -0.2) is 44.8 Å². The van der Waals surface area contributed by atoms with Gasteiger partial charge < -0.3 is 15.4 Å². The van der Waals surface area contributed by atoms with Crippen LogP contribution in [0.2, 0.25) is 0 Å². The van der Waals surface area contributed by atoms with Gasteiger partial charge in [0.15, 0.2) is 5.96 Å². The van der Waals surface area contributed by atoms with Gasteiger partial charge in [-0.05, 0) is 6.42 Å². The Morgan fingerprint density at radius 2 is 2.22 bits per heavy atom. The Morgan fingerprint density at radius 1 is 1.44 bits per heavy atom. The Hall–Kier alpha value is -1.14. The minimum atomic E-state index is 0.673. The van der Waals surface area contributed by atoms with Crippen LogP contribution in [-0.2, 0) is 17.6 Å². The topological polar surface area (TPSA) is 58.5 Å². The number of nitrogens with one attached hydrogen (secondary N) is 2. The maximum Gasteiger partial charge on any atom is 0.191 e. The summed E-state index contributed by atoms with van der Waals surface area (Å²) in [6.07, 6.45) is 1.93.